The van der Waals surface area contributed by atoms with E-state index in [1.165, 1.54) is 11.0 Å². The van der Waals surface area contributed by atoms with Crippen LogP contribution in [0.3, 0.4) is 0 Å². The second kappa shape index (κ2) is 6.00. The quantitative estimate of drug-likeness (QED) is 0.761. The van der Waals surface area contributed by atoms with Gasteiger partial charge in [0.1, 0.15) is 6.54 Å². The molecule has 0 bridgehead atoms. The van der Waals surface area contributed by atoms with Gasteiger partial charge in [0.05, 0.1) is 16.9 Å². The molecule has 4 rings (SSSR count). The lowest BCUT2D eigenvalue weighted by molar-refractivity contribution is -0.114. The number of hydrogen-bond donors (Lipinski definition) is 2. The van der Waals surface area contributed by atoms with Crippen molar-refractivity contribution in [2.45, 2.75) is 0 Å². The predicted molar refractivity (Wildman–Crippen MR) is 99.2 cm³/mol. The van der Waals surface area contributed by atoms with Gasteiger partial charge in [-0.3, -0.25) is 19.3 Å². The molecule has 0 aliphatic carbocycles. The highest BCUT2D eigenvalue weighted by molar-refractivity contribution is 6.26. The molecule has 3 aromatic carbocycles. The van der Waals surface area contributed by atoms with Crippen molar-refractivity contribution in [2.24, 2.45) is 5.73 Å². The number of carbonyl (C=O) groups excluding carboxylic acids is 3. The van der Waals surface area contributed by atoms with E-state index < -0.39 is 11.8 Å². The van der Waals surface area contributed by atoms with Gasteiger partial charge in [-0.1, -0.05) is 36.4 Å². The SMILES string of the molecule is NC(=O)c1ccccc1NC(=O)CN1C(=O)c2cccc3cccc1c23. The van der Waals surface area contributed by atoms with Crippen molar-refractivity contribution in [2.75, 3.05) is 16.8 Å². The zero-order valence-electron chi connectivity index (χ0n) is 13.7. The molecule has 0 aromatic heterocycles. The summed E-state index contributed by atoms with van der Waals surface area (Å²) in [7, 11) is 0. The number of amides is 3. The van der Waals surface area contributed by atoms with E-state index in [1.54, 1.807) is 24.3 Å². The summed E-state index contributed by atoms with van der Waals surface area (Å²) in [6.45, 7) is -0.153. The van der Waals surface area contributed by atoms with Crippen molar-refractivity contribution in [3.05, 3.63) is 71.8 Å². The van der Waals surface area contributed by atoms with E-state index in [0.29, 0.717) is 16.9 Å². The molecule has 6 heteroatoms. The van der Waals surface area contributed by atoms with E-state index >= 15 is 0 Å². The average Bonchev–Trinajstić information content (AvgIpc) is 2.90. The molecule has 0 saturated heterocycles. The van der Waals surface area contributed by atoms with Crippen LogP contribution in [0.4, 0.5) is 11.4 Å². The molecule has 1 aliphatic heterocycles. The lowest BCUT2D eigenvalue weighted by Crippen LogP contribution is -2.35. The highest BCUT2D eigenvalue weighted by Crippen LogP contribution is 2.36. The van der Waals surface area contributed by atoms with Crippen LogP contribution in [-0.2, 0) is 4.79 Å². The second-order valence-electron chi connectivity index (χ2n) is 6.03. The van der Waals surface area contributed by atoms with E-state index in [1.807, 2.05) is 30.3 Å². The van der Waals surface area contributed by atoms with Crippen molar-refractivity contribution in [3.63, 3.8) is 0 Å². The first-order valence-electron chi connectivity index (χ1n) is 8.08. The summed E-state index contributed by atoms with van der Waals surface area (Å²) in [5, 5.41) is 4.47. The molecule has 0 unspecified atom stereocenters. The van der Waals surface area contributed by atoms with Gasteiger partial charge in [0.2, 0.25) is 5.91 Å². The van der Waals surface area contributed by atoms with Crippen LogP contribution in [0.1, 0.15) is 20.7 Å². The zero-order valence-corrected chi connectivity index (χ0v) is 13.7. The molecule has 3 N–H and O–H groups in total. The fourth-order valence-corrected chi connectivity index (χ4v) is 3.28. The van der Waals surface area contributed by atoms with Gasteiger partial charge in [-0.25, -0.2) is 0 Å². The summed E-state index contributed by atoms with van der Waals surface area (Å²) in [5.74, 6) is -1.25. The fourth-order valence-electron chi connectivity index (χ4n) is 3.28. The molecular formula is C20H15N3O3. The number of anilines is 2. The lowest BCUT2D eigenvalue weighted by atomic mass is 10.1. The van der Waals surface area contributed by atoms with Crippen LogP contribution < -0.4 is 16.0 Å². The predicted octanol–water partition coefficient (Wildman–Crippen LogP) is 2.54. The number of para-hydroxylation sites is 1. The van der Waals surface area contributed by atoms with Gasteiger partial charge in [0, 0.05) is 10.9 Å². The van der Waals surface area contributed by atoms with Crippen molar-refractivity contribution in [1.82, 2.24) is 0 Å². The van der Waals surface area contributed by atoms with Gasteiger partial charge in [0.15, 0.2) is 0 Å². The summed E-state index contributed by atoms with van der Waals surface area (Å²) in [6, 6.07) is 17.6. The summed E-state index contributed by atoms with van der Waals surface area (Å²) in [4.78, 5) is 38.1. The summed E-state index contributed by atoms with van der Waals surface area (Å²) in [5.41, 5.74) is 7.17. The van der Waals surface area contributed by atoms with Gasteiger partial charge < -0.3 is 11.1 Å². The highest BCUT2D eigenvalue weighted by Gasteiger charge is 2.30. The first kappa shape index (κ1) is 15.8. The Labute approximate surface area is 149 Å². The third kappa shape index (κ3) is 2.48. The Morgan fingerprint density at radius 2 is 1.69 bits per heavy atom. The minimum absolute atomic E-state index is 0.153. The van der Waals surface area contributed by atoms with Crippen molar-refractivity contribution in [3.8, 4) is 0 Å². The molecule has 0 radical (unpaired) electrons. The maximum atomic E-state index is 12.7. The number of nitrogens with one attached hydrogen (secondary N) is 1. The molecule has 3 amide bonds. The van der Waals surface area contributed by atoms with Crippen LogP contribution in [0.15, 0.2) is 60.7 Å². The number of nitrogens with zero attached hydrogens (tertiary/aromatic N) is 1. The van der Waals surface area contributed by atoms with Gasteiger partial charge in [-0.05, 0) is 29.7 Å². The molecule has 0 atom stereocenters. The number of rotatable bonds is 4. The Balaban J connectivity index is 1.61. The number of hydrogen-bond acceptors (Lipinski definition) is 3. The summed E-state index contributed by atoms with van der Waals surface area (Å²) >= 11 is 0. The molecule has 1 aliphatic rings. The van der Waals surface area contributed by atoms with Gasteiger partial charge in [0.25, 0.3) is 11.8 Å². The van der Waals surface area contributed by atoms with Crippen LogP contribution in [0.5, 0.6) is 0 Å². The Bertz CT molecular complexity index is 1070. The molecule has 128 valence electrons. The second-order valence-corrected chi connectivity index (χ2v) is 6.03. The molecule has 0 fully saturated rings. The number of nitrogens with two attached hydrogens (primary N) is 1. The molecule has 0 spiro atoms. The number of carbonyl (C=O) groups is 3. The van der Waals surface area contributed by atoms with Crippen LogP contribution in [-0.4, -0.2) is 24.3 Å². The third-order valence-corrected chi connectivity index (χ3v) is 4.42. The molecule has 0 saturated carbocycles. The monoisotopic (exact) mass is 345 g/mol. The average molecular weight is 345 g/mol. The van der Waals surface area contributed by atoms with Crippen LogP contribution in [0.2, 0.25) is 0 Å². The van der Waals surface area contributed by atoms with Gasteiger partial charge >= 0.3 is 0 Å². The first-order chi connectivity index (χ1) is 12.6. The Hall–Kier alpha value is -3.67. The smallest absolute Gasteiger partial charge is 0.259 e. The Morgan fingerprint density at radius 1 is 0.962 bits per heavy atom. The standard InChI is InChI=1S/C20H15N3O3/c21-19(25)13-7-1-2-9-15(13)22-17(24)11-23-16-10-4-6-12-5-3-8-14(18(12)16)20(23)26/h1-10H,11H2,(H2,21,25)(H,22,24). The Kier molecular flexibility index (Phi) is 3.65. The van der Waals surface area contributed by atoms with Crippen LogP contribution >= 0.6 is 0 Å². The number of primary amides is 1. The molecule has 1 heterocycles. The topological polar surface area (TPSA) is 92.5 Å². The maximum Gasteiger partial charge on any atom is 0.259 e. The minimum Gasteiger partial charge on any atom is -0.366 e. The van der Waals surface area contributed by atoms with Crippen molar-refractivity contribution < 1.29 is 14.4 Å². The third-order valence-electron chi connectivity index (χ3n) is 4.42. The van der Waals surface area contributed by atoms with Gasteiger partial charge in [-0.2, -0.15) is 0 Å². The van der Waals surface area contributed by atoms with Crippen LogP contribution in [0.25, 0.3) is 10.8 Å². The molecule has 6 nitrogen and oxygen atoms in total. The normalized spacial score (nSPS) is 12.5. The van der Waals surface area contributed by atoms with E-state index in [4.69, 9.17) is 5.73 Å². The van der Waals surface area contributed by atoms with Crippen LogP contribution in [0, 0.1) is 0 Å². The highest BCUT2D eigenvalue weighted by atomic mass is 16.2. The lowest BCUT2D eigenvalue weighted by Gasteiger charge is -2.17. The van der Waals surface area contributed by atoms with E-state index in [0.717, 1.165) is 10.8 Å². The fraction of sp³-hybridized carbons (Fsp3) is 0.0500. The minimum atomic E-state index is -0.629. The number of benzene rings is 3. The largest absolute Gasteiger partial charge is 0.366 e. The Morgan fingerprint density at radius 3 is 2.46 bits per heavy atom. The molecule has 26 heavy (non-hydrogen) atoms. The summed E-state index contributed by atoms with van der Waals surface area (Å²) < 4.78 is 0. The maximum absolute atomic E-state index is 12.7. The van der Waals surface area contributed by atoms with E-state index in [-0.39, 0.29) is 18.0 Å². The summed E-state index contributed by atoms with van der Waals surface area (Å²) in [6.07, 6.45) is 0. The molecule has 3 aromatic rings. The first-order valence-corrected chi connectivity index (χ1v) is 8.08. The van der Waals surface area contributed by atoms with E-state index in [2.05, 4.69) is 5.32 Å². The molecular weight excluding hydrogens is 330 g/mol. The van der Waals surface area contributed by atoms with Crippen molar-refractivity contribution in [1.29, 1.82) is 0 Å². The van der Waals surface area contributed by atoms with Crippen molar-refractivity contribution >= 4 is 39.9 Å². The van der Waals surface area contributed by atoms with E-state index in [9.17, 15) is 14.4 Å². The van der Waals surface area contributed by atoms with Gasteiger partial charge in [-0.15, -0.1) is 0 Å². The zero-order chi connectivity index (χ0) is 18.3.